The summed E-state index contributed by atoms with van der Waals surface area (Å²) in [6, 6.07) is 3.34. The normalized spacial score (nSPS) is 16.4. The van der Waals surface area contributed by atoms with Crippen LogP contribution in [-0.4, -0.2) is 19.0 Å². The highest BCUT2D eigenvalue weighted by molar-refractivity contribution is 9.25. The maximum Gasteiger partial charge on any atom is 0.338 e. The van der Waals surface area contributed by atoms with Crippen molar-refractivity contribution in [2.75, 3.05) is 12.4 Å². The first kappa shape index (κ1) is 13.0. The van der Waals surface area contributed by atoms with E-state index in [2.05, 4.69) is 53.1 Å². The average Bonchev–Trinajstić information content (AvgIpc) is 2.47. The molecular weight excluding hydrogens is 422 g/mol. The van der Waals surface area contributed by atoms with E-state index in [4.69, 9.17) is 4.74 Å². The number of halogens is 3. The Bertz CT molecular complexity index is 528. The lowest BCUT2D eigenvalue weighted by molar-refractivity contribution is -0.115. The van der Waals surface area contributed by atoms with Crippen LogP contribution < -0.4 is 5.32 Å². The molecule has 0 aromatic heterocycles. The van der Waals surface area contributed by atoms with Gasteiger partial charge < -0.3 is 10.1 Å². The first-order valence-electron chi connectivity index (χ1n) is 4.49. The summed E-state index contributed by atoms with van der Waals surface area (Å²) < 4.78 is 4.30. The molecule has 1 aromatic rings. The number of alkyl halides is 2. The van der Waals surface area contributed by atoms with E-state index < -0.39 is 9.20 Å². The van der Waals surface area contributed by atoms with Gasteiger partial charge in [0, 0.05) is 15.7 Å². The van der Waals surface area contributed by atoms with Crippen LogP contribution in [0.2, 0.25) is 0 Å². The molecule has 1 heterocycles. The van der Waals surface area contributed by atoms with Crippen LogP contribution in [0.5, 0.6) is 0 Å². The number of benzene rings is 1. The number of rotatable bonds is 1. The summed E-state index contributed by atoms with van der Waals surface area (Å²) in [5.41, 5.74) is 1.42. The van der Waals surface area contributed by atoms with Gasteiger partial charge in [-0.1, -0.05) is 47.8 Å². The number of hydrogen-bond acceptors (Lipinski definition) is 3. The van der Waals surface area contributed by atoms with Gasteiger partial charge in [0.1, 0.15) is 0 Å². The molecule has 0 saturated heterocycles. The standard InChI is InChI=1S/C10H6Br3NO3/c1-17-8(15)5-2-4(11)3-6-7(5)10(12,13)9(16)14-6/h2-3H,1H3,(H,14,16). The Kier molecular flexibility index (Phi) is 3.35. The third-order valence-corrected chi connectivity index (χ3v) is 4.33. The molecule has 1 N–H and O–H groups in total. The highest BCUT2D eigenvalue weighted by Gasteiger charge is 2.45. The van der Waals surface area contributed by atoms with E-state index in [1.165, 1.54) is 7.11 Å². The van der Waals surface area contributed by atoms with Crippen molar-refractivity contribution in [1.29, 1.82) is 0 Å². The first-order valence-corrected chi connectivity index (χ1v) is 6.87. The lowest BCUT2D eigenvalue weighted by atomic mass is 10.0. The van der Waals surface area contributed by atoms with Gasteiger partial charge in [0.25, 0.3) is 5.91 Å². The molecule has 0 saturated carbocycles. The molecule has 1 amide bonds. The Labute approximate surface area is 122 Å². The quantitative estimate of drug-likeness (QED) is 0.553. The third kappa shape index (κ3) is 2.04. The van der Waals surface area contributed by atoms with Gasteiger partial charge in [-0.15, -0.1) is 0 Å². The van der Waals surface area contributed by atoms with Gasteiger partial charge in [-0.05, 0) is 12.1 Å². The number of methoxy groups -OCH3 is 1. The number of nitrogens with one attached hydrogen (secondary N) is 1. The molecule has 90 valence electrons. The minimum Gasteiger partial charge on any atom is -0.465 e. The van der Waals surface area contributed by atoms with Gasteiger partial charge in [0.15, 0.2) is 3.23 Å². The minimum absolute atomic E-state index is 0.282. The molecule has 1 aliphatic rings. The first-order chi connectivity index (χ1) is 7.87. The molecule has 0 spiro atoms. The van der Waals surface area contributed by atoms with Crippen molar-refractivity contribution in [3.8, 4) is 0 Å². The predicted molar refractivity (Wildman–Crippen MR) is 73.6 cm³/mol. The molecule has 4 nitrogen and oxygen atoms in total. The molecule has 7 heteroatoms. The molecule has 0 radical (unpaired) electrons. The smallest absolute Gasteiger partial charge is 0.338 e. The van der Waals surface area contributed by atoms with Gasteiger partial charge in [0.2, 0.25) is 0 Å². The van der Waals surface area contributed by atoms with Crippen LogP contribution in [0.1, 0.15) is 15.9 Å². The number of esters is 1. The zero-order valence-electron chi connectivity index (χ0n) is 8.51. The fourth-order valence-electron chi connectivity index (χ4n) is 1.63. The molecule has 1 aromatic carbocycles. The Morgan fingerprint density at radius 2 is 2.06 bits per heavy atom. The van der Waals surface area contributed by atoms with Crippen LogP contribution in [-0.2, 0) is 12.8 Å². The molecule has 1 aliphatic heterocycles. The van der Waals surface area contributed by atoms with E-state index in [9.17, 15) is 9.59 Å². The number of carbonyl (C=O) groups is 2. The van der Waals surface area contributed by atoms with Crippen LogP contribution in [0.25, 0.3) is 0 Å². The van der Waals surface area contributed by atoms with Gasteiger partial charge in [-0.25, -0.2) is 4.79 Å². The number of carbonyl (C=O) groups excluding carboxylic acids is 2. The summed E-state index contributed by atoms with van der Waals surface area (Å²) in [6.45, 7) is 0. The average molecular weight is 428 g/mol. The van der Waals surface area contributed by atoms with Crippen molar-refractivity contribution in [3.05, 3.63) is 27.7 Å². The highest BCUT2D eigenvalue weighted by atomic mass is 79.9. The zero-order valence-corrected chi connectivity index (χ0v) is 13.3. The van der Waals surface area contributed by atoms with E-state index in [0.29, 0.717) is 21.3 Å². The number of anilines is 1. The second-order valence-corrected chi connectivity index (χ2v) is 7.75. The molecule has 0 atom stereocenters. The Hall–Kier alpha value is -0.400. The van der Waals surface area contributed by atoms with Crippen molar-refractivity contribution in [2.45, 2.75) is 3.23 Å². The van der Waals surface area contributed by atoms with Crippen molar-refractivity contribution < 1.29 is 14.3 Å². The highest BCUT2D eigenvalue weighted by Crippen LogP contribution is 2.50. The summed E-state index contributed by atoms with van der Waals surface area (Å²) >= 11 is 9.80. The maximum atomic E-state index is 11.8. The van der Waals surface area contributed by atoms with E-state index in [-0.39, 0.29) is 5.91 Å². The van der Waals surface area contributed by atoms with Gasteiger partial charge in [-0.2, -0.15) is 0 Å². The van der Waals surface area contributed by atoms with Gasteiger partial charge in [0.05, 0.1) is 12.7 Å². The van der Waals surface area contributed by atoms with Crippen LogP contribution in [0.15, 0.2) is 16.6 Å². The van der Waals surface area contributed by atoms with Crippen molar-refractivity contribution >= 4 is 65.4 Å². The van der Waals surface area contributed by atoms with E-state index >= 15 is 0 Å². The number of hydrogen-bond donors (Lipinski definition) is 1. The zero-order chi connectivity index (χ0) is 12.8. The minimum atomic E-state index is -1.10. The SMILES string of the molecule is COC(=O)c1cc(Br)cc2c1C(Br)(Br)C(=O)N2. The summed E-state index contributed by atoms with van der Waals surface area (Å²) in [7, 11) is 1.30. The largest absolute Gasteiger partial charge is 0.465 e. The van der Waals surface area contributed by atoms with Crippen LogP contribution in [0, 0.1) is 0 Å². The lowest BCUT2D eigenvalue weighted by Gasteiger charge is -2.14. The van der Waals surface area contributed by atoms with Crippen LogP contribution in [0.3, 0.4) is 0 Å². The molecule has 0 aliphatic carbocycles. The number of ether oxygens (including phenoxy) is 1. The summed E-state index contributed by atoms with van der Waals surface area (Å²) in [5, 5.41) is 2.68. The topological polar surface area (TPSA) is 55.4 Å². The van der Waals surface area contributed by atoms with Crippen molar-refractivity contribution in [2.24, 2.45) is 0 Å². The Morgan fingerprint density at radius 1 is 1.41 bits per heavy atom. The number of fused-ring (bicyclic) bond motifs is 1. The van der Waals surface area contributed by atoms with Crippen molar-refractivity contribution in [1.82, 2.24) is 0 Å². The lowest BCUT2D eigenvalue weighted by Crippen LogP contribution is -2.22. The van der Waals surface area contributed by atoms with E-state index in [0.717, 1.165) is 0 Å². The fraction of sp³-hybridized carbons (Fsp3) is 0.200. The van der Waals surface area contributed by atoms with E-state index in [1.54, 1.807) is 12.1 Å². The molecule has 0 fully saturated rings. The second kappa shape index (κ2) is 4.37. The van der Waals surface area contributed by atoms with Crippen LogP contribution in [0.4, 0.5) is 5.69 Å². The number of amides is 1. The summed E-state index contributed by atoms with van der Waals surface area (Å²) in [4.78, 5) is 23.5. The Morgan fingerprint density at radius 3 is 2.65 bits per heavy atom. The van der Waals surface area contributed by atoms with Crippen LogP contribution >= 0.6 is 47.8 Å². The molecule has 2 rings (SSSR count). The van der Waals surface area contributed by atoms with Gasteiger partial charge in [-0.3, -0.25) is 4.79 Å². The molecule has 0 unspecified atom stereocenters. The summed E-state index contributed by atoms with van der Waals surface area (Å²) in [5.74, 6) is -0.780. The Balaban J connectivity index is 2.72. The third-order valence-electron chi connectivity index (χ3n) is 2.36. The molecular formula is C10H6Br3NO3. The monoisotopic (exact) mass is 425 g/mol. The maximum absolute atomic E-state index is 11.8. The predicted octanol–water partition coefficient (Wildman–Crippen LogP) is 3.13. The van der Waals surface area contributed by atoms with Gasteiger partial charge >= 0.3 is 5.97 Å². The molecule has 0 bridgehead atoms. The second-order valence-electron chi connectivity index (χ2n) is 3.40. The van der Waals surface area contributed by atoms with E-state index in [1.807, 2.05) is 0 Å². The van der Waals surface area contributed by atoms with Crippen molar-refractivity contribution in [3.63, 3.8) is 0 Å². The summed E-state index contributed by atoms with van der Waals surface area (Å²) in [6.07, 6.45) is 0. The molecule has 17 heavy (non-hydrogen) atoms. The fourth-order valence-corrected chi connectivity index (χ4v) is 3.14.